The van der Waals surface area contributed by atoms with Crippen LogP contribution in [-0.4, -0.2) is 65.9 Å². The minimum atomic E-state index is -2.67. The molecule has 0 atom stereocenters. The SMILES string of the molecule is C=COCCCCN(CCC[Si](OCC)(OCC)OCC)C(=O)OCC. The van der Waals surface area contributed by atoms with Crippen LogP contribution >= 0.6 is 0 Å². The van der Waals surface area contributed by atoms with Gasteiger partial charge < -0.3 is 27.7 Å². The summed E-state index contributed by atoms with van der Waals surface area (Å²) >= 11 is 0. The van der Waals surface area contributed by atoms with E-state index in [-0.39, 0.29) is 6.09 Å². The summed E-state index contributed by atoms with van der Waals surface area (Å²) in [4.78, 5) is 13.9. The van der Waals surface area contributed by atoms with Crippen molar-refractivity contribution in [3.8, 4) is 0 Å². The van der Waals surface area contributed by atoms with E-state index in [0.29, 0.717) is 52.2 Å². The molecule has 0 aromatic carbocycles. The highest BCUT2D eigenvalue weighted by Crippen LogP contribution is 2.19. The van der Waals surface area contributed by atoms with Gasteiger partial charge in [0.1, 0.15) is 0 Å². The lowest BCUT2D eigenvalue weighted by atomic mass is 10.3. The van der Waals surface area contributed by atoms with Crippen LogP contribution in [0, 0.1) is 0 Å². The molecule has 0 saturated carbocycles. The van der Waals surface area contributed by atoms with E-state index in [1.807, 2.05) is 27.7 Å². The van der Waals surface area contributed by atoms with E-state index in [2.05, 4.69) is 6.58 Å². The number of amides is 1. The van der Waals surface area contributed by atoms with Gasteiger partial charge in [-0.05, 0) is 47.0 Å². The summed E-state index contributed by atoms with van der Waals surface area (Å²) in [5, 5.41) is 0. The predicted molar refractivity (Wildman–Crippen MR) is 104 cm³/mol. The molecular formula is C18H37NO6Si. The third kappa shape index (κ3) is 10.8. The van der Waals surface area contributed by atoms with Crippen molar-refractivity contribution in [2.45, 2.75) is 53.0 Å². The molecule has 0 heterocycles. The number of carbonyl (C=O) groups is 1. The molecule has 0 spiro atoms. The summed E-state index contributed by atoms with van der Waals surface area (Å²) in [6.45, 7) is 15.0. The molecule has 0 rings (SSSR count). The van der Waals surface area contributed by atoms with Crippen molar-refractivity contribution in [3.63, 3.8) is 0 Å². The number of carbonyl (C=O) groups excluding carboxylic acids is 1. The fourth-order valence-corrected chi connectivity index (χ4v) is 5.16. The lowest BCUT2D eigenvalue weighted by molar-refractivity contribution is 0.0686. The van der Waals surface area contributed by atoms with Crippen LogP contribution in [0.5, 0.6) is 0 Å². The average molecular weight is 392 g/mol. The van der Waals surface area contributed by atoms with Gasteiger partial charge in [-0.15, -0.1) is 0 Å². The molecule has 0 bridgehead atoms. The maximum Gasteiger partial charge on any atom is 0.500 e. The van der Waals surface area contributed by atoms with Crippen molar-refractivity contribution in [2.24, 2.45) is 0 Å². The van der Waals surface area contributed by atoms with Crippen molar-refractivity contribution in [3.05, 3.63) is 12.8 Å². The van der Waals surface area contributed by atoms with Gasteiger partial charge in [-0.3, -0.25) is 0 Å². The van der Waals surface area contributed by atoms with Crippen molar-refractivity contribution in [2.75, 3.05) is 46.1 Å². The monoisotopic (exact) mass is 391 g/mol. The second kappa shape index (κ2) is 16.1. The molecule has 0 aromatic rings. The first-order valence-corrected chi connectivity index (χ1v) is 11.6. The first-order chi connectivity index (χ1) is 12.6. The highest BCUT2D eigenvalue weighted by Gasteiger charge is 2.39. The van der Waals surface area contributed by atoms with Crippen molar-refractivity contribution >= 4 is 14.9 Å². The lowest BCUT2D eigenvalue weighted by Crippen LogP contribution is -2.46. The maximum atomic E-state index is 12.2. The van der Waals surface area contributed by atoms with E-state index in [1.165, 1.54) is 6.26 Å². The second-order valence-corrected chi connectivity index (χ2v) is 8.25. The van der Waals surface area contributed by atoms with Gasteiger partial charge in [-0.2, -0.15) is 0 Å². The average Bonchev–Trinajstić information content (AvgIpc) is 2.61. The van der Waals surface area contributed by atoms with Crippen LogP contribution in [0.2, 0.25) is 6.04 Å². The molecule has 0 aliphatic carbocycles. The molecule has 1 amide bonds. The summed E-state index contributed by atoms with van der Waals surface area (Å²) in [6, 6.07) is 0.679. The van der Waals surface area contributed by atoms with Gasteiger partial charge in [0, 0.05) is 39.0 Å². The van der Waals surface area contributed by atoms with Crippen LogP contribution in [0.15, 0.2) is 12.8 Å². The zero-order valence-electron chi connectivity index (χ0n) is 17.0. The van der Waals surface area contributed by atoms with Crippen LogP contribution in [0.4, 0.5) is 4.79 Å². The van der Waals surface area contributed by atoms with Gasteiger partial charge in [0.2, 0.25) is 0 Å². The van der Waals surface area contributed by atoms with E-state index in [4.69, 9.17) is 22.8 Å². The van der Waals surface area contributed by atoms with Gasteiger partial charge in [0.05, 0.1) is 19.5 Å². The molecule has 0 aliphatic heterocycles. The standard InChI is InChI=1S/C18H37NO6Si/c1-6-21-16-12-11-14-19(18(20)22-7-2)15-13-17-26(23-8-3,24-9-4)25-10-5/h6H,1,7-17H2,2-5H3. The Balaban J connectivity index is 4.61. The Hall–Kier alpha value is -1.09. The third-order valence-corrected chi connectivity index (χ3v) is 6.74. The van der Waals surface area contributed by atoms with Gasteiger partial charge in [0.15, 0.2) is 0 Å². The molecule has 0 radical (unpaired) electrons. The number of nitrogens with zero attached hydrogens (tertiary/aromatic N) is 1. The zero-order chi connectivity index (χ0) is 19.7. The first kappa shape index (κ1) is 24.9. The summed E-state index contributed by atoms with van der Waals surface area (Å²) in [6.07, 6.45) is 3.60. The second-order valence-electron chi connectivity index (χ2n) is 5.52. The Kier molecular flexibility index (Phi) is 15.4. The molecule has 0 N–H and O–H groups in total. The molecule has 8 heteroatoms. The van der Waals surface area contributed by atoms with Crippen LogP contribution in [-0.2, 0) is 22.8 Å². The van der Waals surface area contributed by atoms with E-state index in [0.717, 1.165) is 19.3 Å². The van der Waals surface area contributed by atoms with Crippen LogP contribution in [0.25, 0.3) is 0 Å². The molecule has 154 valence electrons. The normalized spacial score (nSPS) is 11.2. The molecule has 0 fully saturated rings. The summed E-state index contributed by atoms with van der Waals surface area (Å²) in [5.74, 6) is 0. The Morgan fingerprint density at radius 3 is 2.00 bits per heavy atom. The van der Waals surface area contributed by atoms with E-state index in [1.54, 1.807) is 4.90 Å². The molecule has 0 unspecified atom stereocenters. The molecule has 0 aliphatic rings. The Morgan fingerprint density at radius 2 is 1.50 bits per heavy atom. The van der Waals surface area contributed by atoms with Crippen molar-refractivity contribution in [1.29, 1.82) is 0 Å². The number of rotatable bonds is 17. The lowest BCUT2D eigenvalue weighted by Gasteiger charge is -2.29. The Labute approximate surface area is 159 Å². The minimum absolute atomic E-state index is 0.284. The smallest absolute Gasteiger partial charge is 0.500 e. The maximum absolute atomic E-state index is 12.2. The van der Waals surface area contributed by atoms with Crippen LogP contribution in [0.3, 0.4) is 0 Å². The third-order valence-electron chi connectivity index (χ3n) is 3.59. The Bertz CT molecular complexity index is 353. The highest BCUT2D eigenvalue weighted by molar-refractivity contribution is 6.60. The van der Waals surface area contributed by atoms with Gasteiger partial charge in [-0.1, -0.05) is 6.58 Å². The first-order valence-electron chi connectivity index (χ1n) is 9.65. The van der Waals surface area contributed by atoms with Crippen LogP contribution < -0.4 is 0 Å². The molecule has 0 saturated heterocycles. The molecule has 0 aromatic heterocycles. The highest BCUT2D eigenvalue weighted by atomic mass is 28.4. The molecular weight excluding hydrogens is 354 g/mol. The molecule has 26 heavy (non-hydrogen) atoms. The number of hydrogen-bond donors (Lipinski definition) is 0. The van der Waals surface area contributed by atoms with Gasteiger partial charge in [-0.25, -0.2) is 4.79 Å². The summed E-state index contributed by atoms with van der Waals surface area (Å²) in [5.41, 5.74) is 0. The number of ether oxygens (including phenoxy) is 2. The number of hydrogen-bond acceptors (Lipinski definition) is 6. The van der Waals surface area contributed by atoms with E-state index < -0.39 is 8.80 Å². The predicted octanol–water partition coefficient (Wildman–Crippen LogP) is 3.82. The minimum Gasteiger partial charge on any atom is -0.502 e. The van der Waals surface area contributed by atoms with Gasteiger partial charge >= 0.3 is 14.9 Å². The van der Waals surface area contributed by atoms with Crippen LogP contribution in [0.1, 0.15) is 47.0 Å². The van der Waals surface area contributed by atoms with Crippen molar-refractivity contribution in [1.82, 2.24) is 4.90 Å². The topological polar surface area (TPSA) is 66.5 Å². The Morgan fingerprint density at radius 1 is 0.923 bits per heavy atom. The fraction of sp³-hybridized carbons (Fsp3) is 0.833. The largest absolute Gasteiger partial charge is 0.502 e. The quantitative estimate of drug-likeness (QED) is 0.213. The van der Waals surface area contributed by atoms with E-state index >= 15 is 0 Å². The number of unbranched alkanes of at least 4 members (excludes halogenated alkanes) is 1. The summed E-state index contributed by atoms with van der Waals surface area (Å²) in [7, 11) is -2.67. The van der Waals surface area contributed by atoms with Gasteiger partial charge in [0.25, 0.3) is 0 Å². The fourth-order valence-electron chi connectivity index (χ4n) is 2.57. The van der Waals surface area contributed by atoms with Crippen molar-refractivity contribution < 1.29 is 27.5 Å². The van der Waals surface area contributed by atoms with E-state index in [9.17, 15) is 4.79 Å². The zero-order valence-corrected chi connectivity index (χ0v) is 18.0. The molecule has 7 nitrogen and oxygen atoms in total. The summed E-state index contributed by atoms with van der Waals surface area (Å²) < 4.78 is 27.9.